The molecule has 2 aliphatic carbocycles. The Labute approximate surface area is 120 Å². The topological polar surface area (TPSA) is 72.2 Å². The Morgan fingerprint density at radius 3 is 2.63 bits per heavy atom. The van der Waals surface area contributed by atoms with Gasteiger partial charge in [0.25, 0.3) is 0 Å². The fraction of sp³-hybridized carbons (Fsp3) is 0.538. The first-order valence-electron chi connectivity index (χ1n) is 6.46. The minimum atomic E-state index is -3.12. The van der Waals surface area contributed by atoms with Crippen LogP contribution in [0.1, 0.15) is 42.9 Å². The van der Waals surface area contributed by atoms with Crippen LogP contribution in [0, 0.1) is 0 Å². The molecule has 4 nitrogen and oxygen atoms in total. The van der Waals surface area contributed by atoms with Crippen molar-refractivity contribution in [1.29, 1.82) is 0 Å². The van der Waals surface area contributed by atoms with Gasteiger partial charge in [0.1, 0.15) is 0 Å². The average molecular weight is 303 g/mol. The standard InChI is InChI=1S/C13H18N2O2S.ClH/c14-10-4-7-12-9(8-10)2-1-3-13(12)15-18(16,17)11-5-6-11;/h4,7-8,11,13,15H,1-3,5-6,14H2;1H. The number of hydrogen-bond acceptors (Lipinski definition) is 3. The molecule has 0 saturated heterocycles. The van der Waals surface area contributed by atoms with Crippen LogP contribution in [-0.4, -0.2) is 13.7 Å². The monoisotopic (exact) mass is 302 g/mol. The van der Waals surface area contributed by atoms with Crippen LogP contribution in [-0.2, 0) is 16.4 Å². The van der Waals surface area contributed by atoms with Gasteiger partial charge in [0.15, 0.2) is 0 Å². The van der Waals surface area contributed by atoms with Gasteiger partial charge in [-0.3, -0.25) is 0 Å². The molecule has 0 aliphatic heterocycles. The van der Waals surface area contributed by atoms with Crippen molar-refractivity contribution in [3.63, 3.8) is 0 Å². The molecule has 0 radical (unpaired) electrons. The summed E-state index contributed by atoms with van der Waals surface area (Å²) in [4.78, 5) is 0. The van der Waals surface area contributed by atoms with Crippen LogP contribution in [0.2, 0.25) is 0 Å². The first-order valence-corrected chi connectivity index (χ1v) is 8.00. The molecule has 1 atom stereocenters. The summed E-state index contributed by atoms with van der Waals surface area (Å²) in [5.74, 6) is 0. The molecule has 0 amide bonds. The number of aryl methyl sites for hydroxylation is 1. The van der Waals surface area contributed by atoms with Crippen molar-refractivity contribution in [2.75, 3.05) is 5.73 Å². The molecule has 0 aromatic heterocycles. The number of fused-ring (bicyclic) bond motifs is 1. The smallest absolute Gasteiger partial charge is 0.215 e. The van der Waals surface area contributed by atoms with Gasteiger partial charge in [0.2, 0.25) is 10.0 Å². The highest BCUT2D eigenvalue weighted by Gasteiger charge is 2.37. The fourth-order valence-corrected chi connectivity index (χ4v) is 4.22. The van der Waals surface area contributed by atoms with E-state index in [0.29, 0.717) is 0 Å². The second-order valence-electron chi connectivity index (χ2n) is 5.27. The highest BCUT2D eigenvalue weighted by atomic mass is 35.5. The second-order valence-corrected chi connectivity index (χ2v) is 7.26. The van der Waals surface area contributed by atoms with Crippen molar-refractivity contribution in [2.45, 2.75) is 43.4 Å². The average Bonchev–Trinajstić information content (AvgIpc) is 3.12. The van der Waals surface area contributed by atoms with Crippen molar-refractivity contribution in [3.05, 3.63) is 29.3 Å². The van der Waals surface area contributed by atoms with E-state index in [1.165, 1.54) is 5.56 Å². The summed E-state index contributed by atoms with van der Waals surface area (Å²) in [5.41, 5.74) is 8.81. The molecule has 3 rings (SSSR count). The van der Waals surface area contributed by atoms with Crippen LogP contribution in [0.15, 0.2) is 18.2 Å². The van der Waals surface area contributed by atoms with E-state index in [4.69, 9.17) is 5.73 Å². The third-order valence-electron chi connectivity index (χ3n) is 3.75. The summed E-state index contributed by atoms with van der Waals surface area (Å²) >= 11 is 0. The van der Waals surface area contributed by atoms with Crippen molar-refractivity contribution in [3.8, 4) is 0 Å². The summed E-state index contributed by atoms with van der Waals surface area (Å²) in [7, 11) is -3.12. The van der Waals surface area contributed by atoms with Crippen LogP contribution in [0.5, 0.6) is 0 Å². The Morgan fingerprint density at radius 2 is 1.95 bits per heavy atom. The number of nitrogens with two attached hydrogens (primary N) is 1. The first kappa shape index (κ1) is 14.6. The Hall–Kier alpha value is -0.780. The van der Waals surface area contributed by atoms with Gasteiger partial charge in [0, 0.05) is 11.7 Å². The van der Waals surface area contributed by atoms with Crippen LogP contribution < -0.4 is 10.5 Å². The number of nitrogens with one attached hydrogen (secondary N) is 1. The number of rotatable bonds is 3. The van der Waals surface area contributed by atoms with Gasteiger partial charge in [0.05, 0.1) is 5.25 Å². The number of sulfonamides is 1. The normalized spacial score (nSPS) is 22.4. The van der Waals surface area contributed by atoms with Crippen LogP contribution in [0.3, 0.4) is 0 Å². The van der Waals surface area contributed by atoms with Gasteiger partial charge in [-0.25, -0.2) is 13.1 Å². The number of halogens is 1. The predicted molar refractivity (Wildman–Crippen MR) is 78.9 cm³/mol. The third kappa shape index (κ3) is 3.04. The van der Waals surface area contributed by atoms with Crippen molar-refractivity contribution in [2.24, 2.45) is 0 Å². The third-order valence-corrected chi connectivity index (χ3v) is 5.71. The van der Waals surface area contributed by atoms with Gasteiger partial charge in [-0.2, -0.15) is 0 Å². The van der Waals surface area contributed by atoms with Gasteiger partial charge in [-0.1, -0.05) is 6.07 Å². The second kappa shape index (κ2) is 5.31. The molecule has 19 heavy (non-hydrogen) atoms. The molecule has 0 spiro atoms. The Kier molecular flexibility index (Phi) is 4.08. The van der Waals surface area contributed by atoms with Gasteiger partial charge in [-0.15, -0.1) is 12.4 Å². The van der Waals surface area contributed by atoms with E-state index in [1.54, 1.807) is 0 Å². The molecule has 106 valence electrons. The Balaban J connectivity index is 0.00000133. The fourth-order valence-electron chi connectivity index (χ4n) is 2.63. The molecule has 6 heteroatoms. The molecular formula is C13H19ClN2O2S. The number of benzene rings is 1. The van der Waals surface area contributed by atoms with Crippen LogP contribution >= 0.6 is 12.4 Å². The summed E-state index contributed by atoms with van der Waals surface area (Å²) < 4.78 is 26.9. The SMILES string of the molecule is Cl.Nc1ccc2c(c1)CCCC2NS(=O)(=O)C1CC1. The van der Waals surface area contributed by atoms with E-state index in [-0.39, 0.29) is 23.7 Å². The van der Waals surface area contributed by atoms with Crippen molar-refractivity contribution < 1.29 is 8.42 Å². The highest BCUT2D eigenvalue weighted by molar-refractivity contribution is 7.90. The van der Waals surface area contributed by atoms with E-state index >= 15 is 0 Å². The van der Waals surface area contributed by atoms with E-state index < -0.39 is 10.0 Å². The van der Waals surface area contributed by atoms with Crippen LogP contribution in [0.25, 0.3) is 0 Å². The van der Waals surface area contributed by atoms with E-state index in [2.05, 4.69) is 4.72 Å². The number of anilines is 1. The lowest BCUT2D eigenvalue weighted by molar-refractivity contribution is 0.507. The zero-order chi connectivity index (χ0) is 12.8. The highest BCUT2D eigenvalue weighted by Crippen LogP contribution is 2.34. The van der Waals surface area contributed by atoms with Gasteiger partial charge >= 0.3 is 0 Å². The quantitative estimate of drug-likeness (QED) is 0.840. The molecule has 1 aromatic carbocycles. The van der Waals surface area contributed by atoms with E-state index in [9.17, 15) is 8.42 Å². The minimum absolute atomic E-state index is 0. The predicted octanol–water partition coefficient (Wildman–Crippen LogP) is 2.15. The molecule has 2 aliphatic rings. The molecule has 3 N–H and O–H groups in total. The molecule has 1 unspecified atom stereocenters. The maximum absolute atomic E-state index is 12.0. The number of hydrogen-bond donors (Lipinski definition) is 2. The van der Waals surface area contributed by atoms with E-state index in [1.807, 2.05) is 18.2 Å². The zero-order valence-corrected chi connectivity index (χ0v) is 12.3. The Bertz CT molecular complexity index is 570. The number of nitrogen functional groups attached to an aromatic ring is 1. The van der Waals surface area contributed by atoms with Crippen LogP contribution in [0.4, 0.5) is 5.69 Å². The molecule has 0 heterocycles. The minimum Gasteiger partial charge on any atom is -0.399 e. The lowest BCUT2D eigenvalue weighted by Crippen LogP contribution is -2.33. The molecule has 0 bridgehead atoms. The van der Waals surface area contributed by atoms with Crippen molar-refractivity contribution >= 4 is 28.1 Å². The molecule has 1 aromatic rings. The zero-order valence-electron chi connectivity index (χ0n) is 10.6. The lowest BCUT2D eigenvalue weighted by Gasteiger charge is -2.26. The molecule has 1 fully saturated rings. The molecule has 1 saturated carbocycles. The molecular weight excluding hydrogens is 284 g/mol. The van der Waals surface area contributed by atoms with Crippen molar-refractivity contribution in [1.82, 2.24) is 4.72 Å². The van der Waals surface area contributed by atoms with E-state index in [0.717, 1.165) is 43.4 Å². The maximum Gasteiger partial charge on any atom is 0.215 e. The summed E-state index contributed by atoms with van der Waals surface area (Å²) in [6, 6.07) is 5.71. The first-order chi connectivity index (χ1) is 8.56. The van der Waals surface area contributed by atoms with Gasteiger partial charge < -0.3 is 5.73 Å². The summed E-state index contributed by atoms with van der Waals surface area (Å²) in [5, 5.41) is -0.156. The maximum atomic E-state index is 12.0. The summed E-state index contributed by atoms with van der Waals surface area (Å²) in [6.07, 6.45) is 4.48. The van der Waals surface area contributed by atoms with Gasteiger partial charge in [-0.05, 0) is 55.4 Å². The largest absolute Gasteiger partial charge is 0.399 e. The summed E-state index contributed by atoms with van der Waals surface area (Å²) in [6.45, 7) is 0. The Morgan fingerprint density at radius 1 is 1.21 bits per heavy atom. The lowest BCUT2D eigenvalue weighted by atomic mass is 9.88.